The molecule has 0 aliphatic carbocycles. The third-order valence-electron chi connectivity index (χ3n) is 1.70. The standard InChI is InChI=1S/C7H7BrN2O4S/c1-9(15(13)14)7-5(8)3-2-4-6(7)10(11)12/h2-4H,1H3,(H,13,14)/p-1. The smallest absolute Gasteiger partial charge is 0.294 e. The van der Waals surface area contributed by atoms with Crippen LogP contribution >= 0.6 is 15.9 Å². The van der Waals surface area contributed by atoms with Crippen LogP contribution in [0.2, 0.25) is 0 Å². The average Bonchev–Trinajstić information content (AvgIpc) is 2.16. The Morgan fingerprint density at radius 3 is 2.60 bits per heavy atom. The third-order valence-corrected chi connectivity index (χ3v) is 2.97. The highest BCUT2D eigenvalue weighted by molar-refractivity contribution is 9.10. The lowest BCUT2D eigenvalue weighted by molar-refractivity contribution is -0.384. The molecule has 0 saturated heterocycles. The largest absolute Gasteiger partial charge is 0.755 e. The molecule has 82 valence electrons. The van der Waals surface area contributed by atoms with Crippen LogP contribution in [0.5, 0.6) is 0 Å². The molecule has 0 aliphatic heterocycles. The van der Waals surface area contributed by atoms with E-state index in [-0.39, 0.29) is 11.4 Å². The van der Waals surface area contributed by atoms with Crippen LogP contribution in [0.15, 0.2) is 22.7 Å². The molecular weight excluding hydrogens is 288 g/mol. The van der Waals surface area contributed by atoms with E-state index in [0.717, 1.165) is 4.31 Å². The summed E-state index contributed by atoms with van der Waals surface area (Å²) in [6.45, 7) is 0. The number of benzene rings is 1. The van der Waals surface area contributed by atoms with Gasteiger partial charge in [-0.05, 0) is 22.0 Å². The molecule has 0 fully saturated rings. The number of halogens is 1. The zero-order valence-electron chi connectivity index (χ0n) is 7.55. The number of nitrogens with zero attached hydrogens (tertiary/aromatic N) is 2. The van der Waals surface area contributed by atoms with Crippen LogP contribution in [0.4, 0.5) is 11.4 Å². The summed E-state index contributed by atoms with van der Waals surface area (Å²) in [5.74, 6) is 0. The Morgan fingerprint density at radius 2 is 2.13 bits per heavy atom. The van der Waals surface area contributed by atoms with Crippen molar-refractivity contribution in [3.8, 4) is 0 Å². The normalized spacial score (nSPS) is 12.2. The summed E-state index contributed by atoms with van der Waals surface area (Å²) in [6.07, 6.45) is 0. The van der Waals surface area contributed by atoms with Crippen molar-refractivity contribution in [1.29, 1.82) is 0 Å². The second-order valence-electron chi connectivity index (χ2n) is 2.58. The molecule has 0 heterocycles. The van der Waals surface area contributed by atoms with Gasteiger partial charge in [-0.1, -0.05) is 6.07 Å². The van der Waals surface area contributed by atoms with Crippen LogP contribution < -0.4 is 4.31 Å². The zero-order chi connectivity index (χ0) is 11.6. The van der Waals surface area contributed by atoms with Crippen LogP contribution in [0.25, 0.3) is 0 Å². The van der Waals surface area contributed by atoms with E-state index in [2.05, 4.69) is 15.9 Å². The van der Waals surface area contributed by atoms with Crippen molar-refractivity contribution >= 4 is 38.6 Å². The Kier molecular flexibility index (Phi) is 3.77. The van der Waals surface area contributed by atoms with Crippen molar-refractivity contribution in [2.75, 3.05) is 11.4 Å². The summed E-state index contributed by atoms with van der Waals surface area (Å²) in [5.41, 5.74) is -0.257. The molecule has 0 spiro atoms. The number of nitro benzene ring substituents is 1. The number of rotatable bonds is 3. The molecule has 0 radical (unpaired) electrons. The molecule has 15 heavy (non-hydrogen) atoms. The number of hydrogen-bond donors (Lipinski definition) is 0. The molecule has 1 aromatic rings. The van der Waals surface area contributed by atoms with E-state index >= 15 is 0 Å². The molecule has 6 nitrogen and oxygen atoms in total. The highest BCUT2D eigenvalue weighted by atomic mass is 79.9. The van der Waals surface area contributed by atoms with Gasteiger partial charge in [0.1, 0.15) is 5.69 Å². The van der Waals surface area contributed by atoms with E-state index in [4.69, 9.17) is 0 Å². The van der Waals surface area contributed by atoms with E-state index in [1.807, 2.05) is 0 Å². The van der Waals surface area contributed by atoms with E-state index in [9.17, 15) is 18.9 Å². The van der Waals surface area contributed by atoms with Gasteiger partial charge in [0.15, 0.2) is 0 Å². The lowest BCUT2D eigenvalue weighted by Crippen LogP contribution is -2.21. The summed E-state index contributed by atoms with van der Waals surface area (Å²) in [6, 6.07) is 4.24. The van der Waals surface area contributed by atoms with Crippen molar-refractivity contribution in [2.45, 2.75) is 0 Å². The number of para-hydroxylation sites is 1. The summed E-state index contributed by atoms with van der Waals surface area (Å²) in [7, 11) is 1.23. The van der Waals surface area contributed by atoms with Crippen molar-refractivity contribution in [2.24, 2.45) is 0 Å². The van der Waals surface area contributed by atoms with Gasteiger partial charge in [-0.15, -0.1) is 0 Å². The maximum atomic E-state index is 10.7. The van der Waals surface area contributed by atoms with Crippen LogP contribution in [0, 0.1) is 10.1 Å². The molecule has 0 bridgehead atoms. The minimum absolute atomic E-state index is 0.0100. The Balaban J connectivity index is 3.37. The van der Waals surface area contributed by atoms with Gasteiger partial charge in [-0.25, -0.2) is 0 Å². The summed E-state index contributed by atoms with van der Waals surface area (Å²) in [5, 5.41) is 10.7. The van der Waals surface area contributed by atoms with Crippen molar-refractivity contribution in [1.82, 2.24) is 0 Å². The van der Waals surface area contributed by atoms with Gasteiger partial charge in [0.2, 0.25) is 0 Å². The zero-order valence-corrected chi connectivity index (χ0v) is 9.95. The Morgan fingerprint density at radius 1 is 1.53 bits per heavy atom. The maximum Gasteiger partial charge on any atom is 0.294 e. The monoisotopic (exact) mass is 293 g/mol. The quantitative estimate of drug-likeness (QED) is 0.481. The lowest BCUT2D eigenvalue weighted by atomic mass is 10.3. The Labute approximate surface area is 96.6 Å². The SMILES string of the molecule is CN(c1c(Br)cccc1[N+](=O)[O-])S(=O)[O-]. The molecule has 0 saturated carbocycles. The predicted octanol–water partition coefficient (Wildman–Crippen LogP) is 1.59. The molecule has 1 atom stereocenters. The number of anilines is 1. The van der Waals surface area contributed by atoms with E-state index in [1.165, 1.54) is 25.2 Å². The van der Waals surface area contributed by atoms with Crippen molar-refractivity contribution in [3.05, 3.63) is 32.8 Å². The first-order valence-electron chi connectivity index (χ1n) is 3.71. The fourth-order valence-corrected chi connectivity index (χ4v) is 2.12. The fourth-order valence-electron chi connectivity index (χ4n) is 1.04. The molecule has 0 aromatic heterocycles. The van der Waals surface area contributed by atoms with Gasteiger partial charge < -0.3 is 4.55 Å². The lowest BCUT2D eigenvalue weighted by Gasteiger charge is -2.21. The Hall–Kier alpha value is -0.990. The van der Waals surface area contributed by atoms with Crippen LogP contribution in [-0.4, -0.2) is 20.7 Å². The first kappa shape index (κ1) is 12.1. The second kappa shape index (κ2) is 4.69. The van der Waals surface area contributed by atoms with Gasteiger partial charge in [-0.3, -0.25) is 18.6 Å². The van der Waals surface area contributed by atoms with Gasteiger partial charge >= 0.3 is 0 Å². The predicted molar refractivity (Wildman–Crippen MR) is 58.1 cm³/mol. The molecule has 0 N–H and O–H groups in total. The average molecular weight is 294 g/mol. The van der Waals surface area contributed by atoms with E-state index in [1.54, 1.807) is 0 Å². The minimum Gasteiger partial charge on any atom is -0.755 e. The molecule has 1 unspecified atom stereocenters. The van der Waals surface area contributed by atoms with Crippen molar-refractivity contribution in [3.63, 3.8) is 0 Å². The summed E-state index contributed by atoms with van der Waals surface area (Å²) >= 11 is 0.515. The third kappa shape index (κ3) is 2.52. The first-order chi connectivity index (χ1) is 6.95. The van der Waals surface area contributed by atoms with E-state index in [0.29, 0.717) is 4.47 Å². The summed E-state index contributed by atoms with van der Waals surface area (Å²) in [4.78, 5) is 10.0. The Bertz CT molecular complexity index is 425. The van der Waals surface area contributed by atoms with E-state index < -0.39 is 16.2 Å². The molecule has 1 rings (SSSR count). The molecular formula is C7H6BrN2O4S-. The van der Waals surface area contributed by atoms with Gasteiger partial charge in [0.25, 0.3) is 5.69 Å². The van der Waals surface area contributed by atoms with Crippen LogP contribution in [-0.2, 0) is 11.3 Å². The first-order valence-corrected chi connectivity index (χ1v) is 5.53. The number of hydrogen-bond acceptors (Lipinski definition) is 4. The molecule has 0 amide bonds. The molecule has 1 aromatic carbocycles. The molecule has 8 heteroatoms. The summed E-state index contributed by atoms with van der Waals surface area (Å²) < 4.78 is 22.6. The number of nitro groups is 1. The maximum absolute atomic E-state index is 10.7. The second-order valence-corrected chi connectivity index (χ2v) is 4.42. The topological polar surface area (TPSA) is 86.5 Å². The fraction of sp³-hybridized carbons (Fsp3) is 0.143. The van der Waals surface area contributed by atoms with Gasteiger partial charge in [0.05, 0.1) is 4.92 Å². The van der Waals surface area contributed by atoms with Crippen LogP contribution in [0.1, 0.15) is 0 Å². The van der Waals surface area contributed by atoms with Gasteiger partial charge in [-0.2, -0.15) is 0 Å². The van der Waals surface area contributed by atoms with Gasteiger partial charge in [0, 0.05) is 28.9 Å². The minimum atomic E-state index is -2.55. The molecule has 0 aliphatic rings. The van der Waals surface area contributed by atoms with Crippen molar-refractivity contribution < 1.29 is 13.7 Å². The highest BCUT2D eigenvalue weighted by Crippen LogP contribution is 2.35. The highest BCUT2D eigenvalue weighted by Gasteiger charge is 2.20. The van der Waals surface area contributed by atoms with Crippen LogP contribution in [0.3, 0.4) is 0 Å².